The lowest BCUT2D eigenvalue weighted by atomic mass is 9.92. The highest BCUT2D eigenvalue weighted by atomic mass is 15.0. The first-order chi connectivity index (χ1) is 29.2. The van der Waals surface area contributed by atoms with Crippen LogP contribution in [-0.2, 0) is 0 Å². The number of aromatic nitrogens is 3. The smallest absolute Gasteiger partial charge is 0.160 e. The summed E-state index contributed by atoms with van der Waals surface area (Å²) in [6, 6.07) is 79.9. The normalized spacial score (nSPS) is 11.4. The van der Waals surface area contributed by atoms with E-state index in [1.807, 2.05) is 24.3 Å². The fourth-order valence-electron chi connectivity index (χ4n) is 8.56. The minimum absolute atomic E-state index is 0.703. The van der Waals surface area contributed by atoms with Crippen LogP contribution >= 0.6 is 0 Å². The molecule has 0 saturated carbocycles. The summed E-state index contributed by atoms with van der Waals surface area (Å²) in [6.07, 6.45) is 0. The Hall–Kier alpha value is -7.88. The minimum atomic E-state index is 0.703. The van der Waals surface area contributed by atoms with Gasteiger partial charge in [-0.2, -0.15) is 0 Å². The van der Waals surface area contributed by atoms with Crippen LogP contribution in [0.5, 0.6) is 0 Å². The van der Waals surface area contributed by atoms with Gasteiger partial charge in [-0.1, -0.05) is 188 Å². The van der Waals surface area contributed by atoms with Gasteiger partial charge in [-0.15, -0.1) is 0 Å². The molecule has 59 heavy (non-hydrogen) atoms. The highest BCUT2D eigenvalue weighted by Crippen LogP contribution is 2.40. The molecule has 11 aromatic rings. The number of nitrogens with zero attached hydrogens (tertiary/aromatic N) is 3. The van der Waals surface area contributed by atoms with E-state index in [4.69, 9.17) is 9.97 Å². The van der Waals surface area contributed by atoms with E-state index in [1.165, 1.54) is 60.6 Å². The van der Waals surface area contributed by atoms with Crippen LogP contribution in [0.3, 0.4) is 0 Å². The van der Waals surface area contributed by atoms with Crippen molar-refractivity contribution in [3.8, 4) is 73.0 Å². The van der Waals surface area contributed by atoms with E-state index >= 15 is 0 Å². The van der Waals surface area contributed by atoms with Gasteiger partial charge in [0.25, 0.3) is 0 Å². The molecule has 0 unspecified atom stereocenters. The molecule has 3 heteroatoms. The average molecular weight is 752 g/mol. The van der Waals surface area contributed by atoms with E-state index in [2.05, 4.69) is 205 Å². The van der Waals surface area contributed by atoms with Gasteiger partial charge in [0.15, 0.2) is 5.82 Å². The van der Waals surface area contributed by atoms with Crippen LogP contribution in [0.15, 0.2) is 224 Å². The maximum absolute atomic E-state index is 5.24. The molecule has 0 aliphatic rings. The molecule has 3 nitrogen and oxygen atoms in total. The summed E-state index contributed by atoms with van der Waals surface area (Å²) in [7, 11) is 0. The fourth-order valence-corrected chi connectivity index (χ4v) is 8.56. The summed E-state index contributed by atoms with van der Waals surface area (Å²) in [5.41, 5.74) is 15.5. The van der Waals surface area contributed by atoms with Crippen LogP contribution in [-0.4, -0.2) is 14.5 Å². The van der Waals surface area contributed by atoms with Crippen molar-refractivity contribution in [1.82, 2.24) is 14.5 Å². The molecular weight excluding hydrogens is 715 g/mol. The highest BCUT2D eigenvalue weighted by molar-refractivity contribution is 6.12. The van der Waals surface area contributed by atoms with Gasteiger partial charge < -0.3 is 4.57 Å². The second kappa shape index (κ2) is 14.6. The molecule has 2 heterocycles. The van der Waals surface area contributed by atoms with Crippen molar-refractivity contribution in [2.24, 2.45) is 0 Å². The largest absolute Gasteiger partial charge is 0.309 e. The van der Waals surface area contributed by atoms with Gasteiger partial charge in [0.2, 0.25) is 0 Å². The molecule has 9 aromatic carbocycles. The Morgan fingerprint density at radius 3 is 1.51 bits per heavy atom. The molecule has 0 radical (unpaired) electrons. The molecule has 0 N–H and O–H groups in total. The van der Waals surface area contributed by atoms with E-state index in [9.17, 15) is 0 Å². The zero-order chi connectivity index (χ0) is 39.1. The van der Waals surface area contributed by atoms with Crippen LogP contribution in [0.4, 0.5) is 0 Å². The molecule has 2 aromatic heterocycles. The second-order valence-electron chi connectivity index (χ2n) is 15.0. The summed E-state index contributed by atoms with van der Waals surface area (Å²) in [5.74, 6) is 0.703. The molecule has 0 aliphatic carbocycles. The lowest BCUT2D eigenvalue weighted by Gasteiger charge is -2.14. The van der Waals surface area contributed by atoms with Crippen molar-refractivity contribution in [1.29, 1.82) is 0 Å². The maximum Gasteiger partial charge on any atom is 0.160 e. The van der Waals surface area contributed by atoms with Crippen LogP contribution in [0.25, 0.3) is 106 Å². The highest BCUT2D eigenvalue weighted by Gasteiger charge is 2.18. The number of para-hydroxylation sites is 1. The summed E-state index contributed by atoms with van der Waals surface area (Å²) >= 11 is 0. The predicted octanol–water partition coefficient (Wildman–Crippen LogP) is 14.7. The Balaban J connectivity index is 1.04. The molecule has 0 saturated heterocycles. The third kappa shape index (κ3) is 6.26. The van der Waals surface area contributed by atoms with Crippen LogP contribution in [0.2, 0.25) is 0 Å². The molecule has 0 aliphatic heterocycles. The standard InChI is InChI=1S/C56H37N3/c1-4-15-38(16-5-1)40-27-29-41(30-28-40)52-37-53(58-56(57-52)42-19-8-3-9-20-42)49-33-32-46(47-23-10-11-24-48(47)49)44-31-34-55-51(36-44)50-25-12-13-26-54(50)59(55)45-22-14-21-43(35-45)39-17-6-2-7-18-39/h1-37H. The van der Waals surface area contributed by atoms with Gasteiger partial charge in [0.1, 0.15) is 0 Å². The number of benzene rings is 9. The summed E-state index contributed by atoms with van der Waals surface area (Å²) in [6.45, 7) is 0. The van der Waals surface area contributed by atoms with E-state index in [0.717, 1.165) is 39.2 Å². The summed E-state index contributed by atoms with van der Waals surface area (Å²) in [4.78, 5) is 10.4. The third-order valence-electron chi connectivity index (χ3n) is 11.4. The topological polar surface area (TPSA) is 30.7 Å². The molecule has 0 amide bonds. The Labute approximate surface area is 343 Å². The number of hydrogen-bond donors (Lipinski definition) is 0. The maximum atomic E-state index is 5.24. The van der Waals surface area contributed by atoms with Crippen molar-refractivity contribution >= 4 is 32.6 Å². The fraction of sp³-hybridized carbons (Fsp3) is 0. The molecule has 276 valence electrons. The molecule has 0 fully saturated rings. The Kier molecular flexibility index (Phi) is 8.49. The molecular formula is C56H37N3. The lowest BCUT2D eigenvalue weighted by Crippen LogP contribution is -1.97. The first kappa shape index (κ1) is 34.4. The SMILES string of the molecule is c1ccc(-c2ccc(-c3cc(-c4ccc(-c5ccc6c(c5)c5ccccc5n6-c5cccc(-c6ccccc6)c5)c5ccccc45)nc(-c4ccccc4)n3)cc2)cc1. The molecule has 11 rings (SSSR count). The zero-order valence-electron chi connectivity index (χ0n) is 32.2. The van der Waals surface area contributed by atoms with Gasteiger partial charge in [-0.25, -0.2) is 9.97 Å². The molecule has 0 spiro atoms. The zero-order valence-corrected chi connectivity index (χ0v) is 32.2. The number of rotatable bonds is 7. The van der Waals surface area contributed by atoms with Crippen molar-refractivity contribution < 1.29 is 0 Å². The monoisotopic (exact) mass is 751 g/mol. The molecule has 0 bridgehead atoms. The van der Waals surface area contributed by atoms with Gasteiger partial charge in [0.05, 0.1) is 22.4 Å². The Morgan fingerprint density at radius 1 is 0.271 bits per heavy atom. The quantitative estimate of drug-likeness (QED) is 0.162. The van der Waals surface area contributed by atoms with E-state index in [1.54, 1.807) is 0 Å². The van der Waals surface area contributed by atoms with Gasteiger partial charge in [-0.05, 0) is 80.6 Å². The van der Waals surface area contributed by atoms with E-state index in [0.29, 0.717) is 5.82 Å². The van der Waals surface area contributed by atoms with Gasteiger partial charge in [0, 0.05) is 33.2 Å². The van der Waals surface area contributed by atoms with Gasteiger partial charge >= 0.3 is 0 Å². The average Bonchev–Trinajstić information content (AvgIpc) is 3.66. The van der Waals surface area contributed by atoms with E-state index < -0.39 is 0 Å². The van der Waals surface area contributed by atoms with Crippen molar-refractivity contribution in [2.75, 3.05) is 0 Å². The van der Waals surface area contributed by atoms with Crippen molar-refractivity contribution in [3.63, 3.8) is 0 Å². The van der Waals surface area contributed by atoms with E-state index in [-0.39, 0.29) is 0 Å². The first-order valence-corrected chi connectivity index (χ1v) is 20.1. The lowest BCUT2D eigenvalue weighted by molar-refractivity contribution is 1.18. The van der Waals surface area contributed by atoms with Crippen LogP contribution in [0.1, 0.15) is 0 Å². The summed E-state index contributed by atoms with van der Waals surface area (Å²) < 4.78 is 2.40. The van der Waals surface area contributed by atoms with Gasteiger partial charge in [-0.3, -0.25) is 0 Å². The number of fused-ring (bicyclic) bond motifs is 4. The number of hydrogen-bond acceptors (Lipinski definition) is 2. The van der Waals surface area contributed by atoms with Crippen molar-refractivity contribution in [3.05, 3.63) is 224 Å². The summed E-state index contributed by atoms with van der Waals surface area (Å²) in [5, 5.41) is 4.78. The third-order valence-corrected chi connectivity index (χ3v) is 11.4. The van der Waals surface area contributed by atoms with Crippen LogP contribution in [0, 0.1) is 0 Å². The Bertz CT molecular complexity index is 3290. The second-order valence-corrected chi connectivity index (χ2v) is 15.0. The predicted molar refractivity (Wildman–Crippen MR) is 246 cm³/mol. The van der Waals surface area contributed by atoms with Crippen molar-refractivity contribution in [2.45, 2.75) is 0 Å². The minimum Gasteiger partial charge on any atom is -0.309 e. The molecule has 0 atom stereocenters. The first-order valence-electron chi connectivity index (χ1n) is 20.1. The Morgan fingerprint density at radius 2 is 0.780 bits per heavy atom. The van der Waals surface area contributed by atoms with Crippen LogP contribution < -0.4 is 0 Å².